The lowest BCUT2D eigenvalue weighted by Crippen LogP contribution is -2.48. The summed E-state index contributed by atoms with van der Waals surface area (Å²) >= 11 is 0. The molecule has 0 aliphatic carbocycles. The van der Waals surface area contributed by atoms with E-state index in [2.05, 4.69) is 4.90 Å². The molecule has 1 amide bonds. The molecule has 4 rings (SSSR count). The SMILES string of the molecule is CCOC(=O)N1CCN(Cc2c(O)cc(C)c3c2O/C(=C\c2cccc([N+](=O)[O-])c2)C3=O)CC1. The van der Waals surface area contributed by atoms with Gasteiger partial charge >= 0.3 is 6.09 Å². The summed E-state index contributed by atoms with van der Waals surface area (Å²) in [5, 5.41) is 21.7. The number of allylic oxidation sites excluding steroid dienone is 1. The fourth-order valence-corrected chi connectivity index (χ4v) is 4.14. The fourth-order valence-electron chi connectivity index (χ4n) is 4.14. The van der Waals surface area contributed by atoms with E-state index in [1.807, 2.05) is 0 Å². The minimum absolute atomic E-state index is 0.0217. The van der Waals surface area contributed by atoms with Crippen LogP contribution in [0.2, 0.25) is 0 Å². The van der Waals surface area contributed by atoms with Gasteiger partial charge in [0, 0.05) is 44.9 Å². The highest BCUT2D eigenvalue weighted by Gasteiger charge is 2.34. The summed E-state index contributed by atoms with van der Waals surface area (Å²) in [6.07, 6.45) is 1.12. The number of phenolic OH excluding ortho intramolecular Hbond substituents is 1. The maximum absolute atomic E-state index is 13.1. The summed E-state index contributed by atoms with van der Waals surface area (Å²) in [5.41, 5.74) is 1.81. The third kappa shape index (κ3) is 4.58. The van der Waals surface area contributed by atoms with E-state index >= 15 is 0 Å². The fraction of sp³-hybridized carbons (Fsp3) is 0.333. The van der Waals surface area contributed by atoms with Crippen molar-refractivity contribution in [3.05, 3.63) is 68.5 Å². The Morgan fingerprint density at radius 2 is 2.00 bits per heavy atom. The van der Waals surface area contributed by atoms with Crippen molar-refractivity contribution in [3.8, 4) is 11.5 Å². The third-order valence-electron chi connectivity index (χ3n) is 5.88. The quantitative estimate of drug-likeness (QED) is 0.403. The summed E-state index contributed by atoms with van der Waals surface area (Å²) in [6, 6.07) is 7.46. The summed E-state index contributed by atoms with van der Waals surface area (Å²) in [4.78, 5) is 39.3. The van der Waals surface area contributed by atoms with Crippen LogP contribution in [-0.2, 0) is 11.3 Å². The molecule has 178 valence electrons. The molecule has 0 saturated carbocycles. The van der Waals surface area contributed by atoms with E-state index in [1.165, 1.54) is 24.3 Å². The number of nitro benzene ring substituents is 1. The number of fused-ring (bicyclic) bond motifs is 1. The van der Waals surface area contributed by atoms with E-state index in [1.54, 1.807) is 30.9 Å². The average molecular weight is 467 g/mol. The van der Waals surface area contributed by atoms with Crippen LogP contribution in [0, 0.1) is 17.0 Å². The van der Waals surface area contributed by atoms with Gasteiger partial charge in [0.1, 0.15) is 11.5 Å². The molecular formula is C24H25N3O7. The summed E-state index contributed by atoms with van der Waals surface area (Å²) in [5.74, 6) is 0.0189. The molecule has 0 bridgehead atoms. The molecule has 0 atom stereocenters. The first-order valence-electron chi connectivity index (χ1n) is 11.0. The Morgan fingerprint density at radius 1 is 1.26 bits per heavy atom. The summed E-state index contributed by atoms with van der Waals surface area (Å²) < 4.78 is 11.0. The normalized spacial score (nSPS) is 16.9. The van der Waals surface area contributed by atoms with Crippen LogP contribution >= 0.6 is 0 Å². The number of aryl methyl sites for hydroxylation is 1. The molecule has 1 fully saturated rings. The van der Waals surface area contributed by atoms with Crippen LogP contribution in [0.15, 0.2) is 36.1 Å². The number of aromatic hydroxyl groups is 1. The topological polar surface area (TPSA) is 122 Å². The second kappa shape index (κ2) is 9.52. The van der Waals surface area contributed by atoms with Crippen LogP contribution in [0.3, 0.4) is 0 Å². The molecule has 1 N–H and O–H groups in total. The lowest BCUT2D eigenvalue weighted by atomic mass is 9.99. The van der Waals surface area contributed by atoms with Crippen LogP contribution in [0.25, 0.3) is 6.08 Å². The monoisotopic (exact) mass is 467 g/mol. The van der Waals surface area contributed by atoms with E-state index in [0.29, 0.717) is 67.3 Å². The van der Waals surface area contributed by atoms with E-state index in [4.69, 9.17) is 9.47 Å². The molecule has 10 heteroatoms. The van der Waals surface area contributed by atoms with Gasteiger partial charge in [0.05, 0.1) is 22.7 Å². The van der Waals surface area contributed by atoms with Gasteiger partial charge < -0.3 is 19.5 Å². The van der Waals surface area contributed by atoms with Crippen LogP contribution in [0.4, 0.5) is 10.5 Å². The Labute approximate surface area is 196 Å². The number of benzene rings is 2. The number of hydrogen-bond donors (Lipinski definition) is 1. The Kier molecular flexibility index (Phi) is 6.51. The van der Waals surface area contributed by atoms with Crippen molar-refractivity contribution in [1.29, 1.82) is 0 Å². The molecule has 2 aliphatic heterocycles. The molecule has 0 aromatic heterocycles. The number of piperazine rings is 1. The van der Waals surface area contributed by atoms with Gasteiger partial charge in [-0.1, -0.05) is 12.1 Å². The van der Waals surface area contributed by atoms with E-state index in [0.717, 1.165) is 0 Å². The summed E-state index contributed by atoms with van der Waals surface area (Å²) in [6.45, 7) is 6.27. The first-order chi connectivity index (χ1) is 16.3. The van der Waals surface area contributed by atoms with Crippen molar-refractivity contribution >= 4 is 23.6 Å². The molecule has 0 unspecified atom stereocenters. The lowest BCUT2D eigenvalue weighted by molar-refractivity contribution is -0.384. The zero-order valence-electron chi connectivity index (χ0n) is 18.9. The van der Waals surface area contributed by atoms with Gasteiger partial charge in [-0.25, -0.2) is 4.79 Å². The number of nitro groups is 1. The standard InChI is InChI=1S/C24H25N3O7/c1-3-33-24(30)26-9-7-25(8-10-26)14-18-19(28)11-15(2)21-22(29)20(34-23(18)21)13-16-5-4-6-17(12-16)27(31)32/h4-6,11-13,28H,3,7-10,14H2,1-2H3/b20-13-. The predicted molar refractivity (Wildman–Crippen MR) is 123 cm³/mol. The van der Waals surface area contributed by atoms with Crippen molar-refractivity contribution in [2.45, 2.75) is 20.4 Å². The van der Waals surface area contributed by atoms with Crippen LogP contribution in [0.5, 0.6) is 11.5 Å². The van der Waals surface area contributed by atoms with E-state index in [9.17, 15) is 24.8 Å². The molecule has 0 radical (unpaired) electrons. The van der Waals surface area contributed by atoms with E-state index in [-0.39, 0.29) is 29.1 Å². The number of hydrogen-bond acceptors (Lipinski definition) is 8. The van der Waals surface area contributed by atoms with Gasteiger partial charge in [-0.05, 0) is 37.1 Å². The van der Waals surface area contributed by atoms with Gasteiger partial charge in [-0.3, -0.25) is 19.8 Å². The van der Waals surface area contributed by atoms with Crippen molar-refractivity contribution in [2.75, 3.05) is 32.8 Å². The second-order valence-electron chi connectivity index (χ2n) is 8.15. The molecule has 2 heterocycles. The molecule has 2 aromatic carbocycles. The highest BCUT2D eigenvalue weighted by atomic mass is 16.6. The minimum atomic E-state index is -0.504. The molecule has 1 saturated heterocycles. The van der Waals surface area contributed by atoms with Crippen molar-refractivity contribution < 1.29 is 29.1 Å². The number of amides is 1. The number of ether oxygens (including phenoxy) is 2. The van der Waals surface area contributed by atoms with Crippen molar-refractivity contribution in [1.82, 2.24) is 9.80 Å². The lowest BCUT2D eigenvalue weighted by Gasteiger charge is -2.34. The molecular weight excluding hydrogens is 442 g/mol. The van der Waals surface area contributed by atoms with Gasteiger partial charge in [-0.2, -0.15) is 0 Å². The number of ketones is 1. The Balaban J connectivity index is 1.57. The number of phenols is 1. The maximum atomic E-state index is 13.1. The molecule has 10 nitrogen and oxygen atoms in total. The second-order valence-corrected chi connectivity index (χ2v) is 8.15. The first kappa shape index (κ1) is 23.2. The van der Waals surface area contributed by atoms with Gasteiger partial charge in [0.25, 0.3) is 5.69 Å². The highest BCUT2D eigenvalue weighted by Crippen LogP contribution is 2.42. The molecule has 2 aromatic rings. The zero-order valence-corrected chi connectivity index (χ0v) is 18.9. The van der Waals surface area contributed by atoms with Crippen molar-refractivity contribution in [3.63, 3.8) is 0 Å². The smallest absolute Gasteiger partial charge is 0.409 e. The number of Topliss-reactive ketones (excluding diaryl/α,β-unsaturated/α-hetero) is 1. The molecule has 2 aliphatic rings. The van der Waals surface area contributed by atoms with Crippen molar-refractivity contribution in [2.24, 2.45) is 0 Å². The number of non-ortho nitro benzene ring substituents is 1. The first-order valence-corrected chi connectivity index (χ1v) is 11.0. The molecule has 0 spiro atoms. The number of rotatable bonds is 5. The Bertz CT molecular complexity index is 1180. The van der Waals surface area contributed by atoms with Gasteiger partial charge in [0.15, 0.2) is 5.76 Å². The number of carbonyl (C=O) groups excluding carboxylic acids is 2. The number of carbonyl (C=O) groups is 2. The largest absolute Gasteiger partial charge is 0.507 e. The van der Waals surface area contributed by atoms with Crippen LogP contribution in [0.1, 0.15) is 34.0 Å². The average Bonchev–Trinajstić information content (AvgIpc) is 3.13. The number of nitrogens with zero attached hydrogens (tertiary/aromatic N) is 3. The zero-order chi connectivity index (χ0) is 24.4. The van der Waals surface area contributed by atoms with Crippen LogP contribution in [-0.4, -0.2) is 64.5 Å². The molecule has 34 heavy (non-hydrogen) atoms. The van der Waals surface area contributed by atoms with Gasteiger partial charge in [-0.15, -0.1) is 0 Å². The van der Waals surface area contributed by atoms with E-state index < -0.39 is 4.92 Å². The maximum Gasteiger partial charge on any atom is 0.409 e. The van der Waals surface area contributed by atoms with Gasteiger partial charge in [0.2, 0.25) is 5.78 Å². The Hall–Kier alpha value is -3.92. The third-order valence-corrected chi connectivity index (χ3v) is 5.88. The van der Waals surface area contributed by atoms with Crippen LogP contribution < -0.4 is 4.74 Å². The highest BCUT2D eigenvalue weighted by molar-refractivity contribution is 6.15. The predicted octanol–water partition coefficient (Wildman–Crippen LogP) is 3.50. The Morgan fingerprint density at radius 3 is 2.68 bits per heavy atom. The minimum Gasteiger partial charge on any atom is -0.507 e. The summed E-state index contributed by atoms with van der Waals surface area (Å²) in [7, 11) is 0.